The Hall–Kier alpha value is -1.66. The van der Waals surface area contributed by atoms with Crippen molar-refractivity contribution in [2.75, 3.05) is 11.9 Å². The molecule has 0 saturated heterocycles. The lowest BCUT2D eigenvalue weighted by Gasteiger charge is -2.27. The first-order valence-electron chi connectivity index (χ1n) is 7.69. The number of amides is 2. The van der Waals surface area contributed by atoms with Gasteiger partial charge in [-0.25, -0.2) is 9.78 Å². The molecule has 2 aromatic rings. The largest absolute Gasteiger partial charge is 0.396 e. The lowest BCUT2D eigenvalue weighted by atomic mass is 9.87. The van der Waals surface area contributed by atoms with Crippen LogP contribution in [0.1, 0.15) is 30.7 Å². The molecule has 1 aliphatic carbocycles. The summed E-state index contributed by atoms with van der Waals surface area (Å²) in [6.07, 6.45) is 3.83. The van der Waals surface area contributed by atoms with Crippen molar-refractivity contribution in [1.82, 2.24) is 10.3 Å². The van der Waals surface area contributed by atoms with Crippen LogP contribution < -0.4 is 10.6 Å². The zero-order valence-corrected chi connectivity index (χ0v) is 13.4. The highest BCUT2D eigenvalue weighted by Gasteiger charge is 2.21. The third-order valence-corrected chi connectivity index (χ3v) is 5.13. The number of aliphatic hydroxyl groups is 1. The molecular weight excluding hydrogens is 298 g/mol. The zero-order chi connectivity index (χ0) is 15.5. The van der Waals surface area contributed by atoms with Crippen LogP contribution >= 0.6 is 11.3 Å². The van der Waals surface area contributed by atoms with Crippen molar-refractivity contribution in [3.05, 3.63) is 23.2 Å². The van der Waals surface area contributed by atoms with Crippen LogP contribution in [-0.4, -0.2) is 28.8 Å². The van der Waals surface area contributed by atoms with Gasteiger partial charge in [0.1, 0.15) is 0 Å². The van der Waals surface area contributed by atoms with Gasteiger partial charge in [0.15, 0.2) is 0 Å². The minimum Gasteiger partial charge on any atom is -0.396 e. The third kappa shape index (κ3) is 3.56. The Labute approximate surface area is 133 Å². The molecule has 0 spiro atoms. The van der Waals surface area contributed by atoms with Crippen LogP contribution in [-0.2, 0) is 0 Å². The second-order valence-electron chi connectivity index (χ2n) is 5.91. The Kier molecular flexibility index (Phi) is 4.59. The van der Waals surface area contributed by atoms with Crippen LogP contribution in [0.25, 0.3) is 10.2 Å². The number of nitrogens with one attached hydrogen (secondary N) is 2. The fraction of sp³-hybridized carbons (Fsp3) is 0.500. The number of rotatable bonds is 3. The summed E-state index contributed by atoms with van der Waals surface area (Å²) in [5, 5.41) is 16.1. The topological polar surface area (TPSA) is 74.2 Å². The molecule has 0 bridgehead atoms. The number of hydrogen-bond donors (Lipinski definition) is 3. The molecule has 0 aliphatic heterocycles. The number of urea groups is 1. The lowest BCUT2D eigenvalue weighted by Crippen LogP contribution is -2.40. The quantitative estimate of drug-likeness (QED) is 0.813. The van der Waals surface area contributed by atoms with E-state index < -0.39 is 0 Å². The van der Waals surface area contributed by atoms with Gasteiger partial charge in [-0.15, -0.1) is 11.3 Å². The van der Waals surface area contributed by atoms with E-state index in [-0.39, 0.29) is 18.7 Å². The summed E-state index contributed by atoms with van der Waals surface area (Å²) < 4.78 is 1.08. The standard InChI is InChI=1S/C16H21N3O2S/c1-10-17-14-7-6-13(8-15(14)22-10)19-16(21)18-12-4-2-11(9-20)3-5-12/h6-8,11-12,20H,2-5,9H2,1H3,(H2,18,19,21). The van der Waals surface area contributed by atoms with Crippen molar-refractivity contribution < 1.29 is 9.90 Å². The van der Waals surface area contributed by atoms with Gasteiger partial charge in [-0.2, -0.15) is 0 Å². The van der Waals surface area contributed by atoms with Crippen LogP contribution in [0, 0.1) is 12.8 Å². The molecule has 6 heteroatoms. The fourth-order valence-corrected chi connectivity index (χ4v) is 3.83. The van der Waals surface area contributed by atoms with Crippen LogP contribution in [0.5, 0.6) is 0 Å². The number of aliphatic hydroxyl groups excluding tert-OH is 1. The van der Waals surface area contributed by atoms with E-state index in [1.165, 1.54) is 0 Å². The van der Waals surface area contributed by atoms with E-state index >= 15 is 0 Å². The van der Waals surface area contributed by atoms with Crippen molar-refractivity contribution in [2.24, 2.45) is 5.92 Å². The van der Waals surface area contributed by atoms with E-state index in [1.54, 1.807) is 11.3 Å². The second kappa shape index (κ2) is 6.62. The summed E-state index contributed by atoms with van der Waals surface area (Å²) in [6.45, 7) is 2.24. The van der Waals surface area contributed by atoms with Gasteiger partial charge < -0.3 is 15.7 Å². The molecule has 0 atom stereocenters. The molecule has 1 aromatic heterocycles. The summed E-state index contributed by atoms with van der Waals surface area (Å²) >= 11 is 1.63. The first-order chi connectivity index (χ1) is 10.6. The molecule has 1 fully saturated rings. The first-order valence-corrected chi connectivity index (χ1v) is 8.51. The molecule has 5 nitrogen and oxygen atoms in total. The first kappa shape index (κ1) is 15.2. The molecule has 1 saturated carbocycles. The molecule has 1 aliphatic rings. The predicted molar refractivity (Wildman–Crippen MR) is 89.3 cm³/mol. The molecule has 2 amide bonds. The summed E-state index contributed by atoms with van der Waals surface area (Å²) in [6, 6.07) is 5.82. The van der Waals surface area contributed by atoms with E-state index in [9.17, 15) is 4.79 Å². The van der Waals surface area contributed by atoms with E-state index in [0.29, 0.717) is 5.92 Å². The molecule has 118 valence electrons. The number of nitrogens with zero attached hydrogens (tertiary/aromatic N) is 1. The van der Waals surface area contributed by atoms with Gasteiger partial charge in [-0.1, -0.05) is 0 Å². The van der Waals surface area contributed by atoms with Gasteiger partial charge in [0.05, 0.1) is 15.2 Å². The van der Waals surface area contributed by atoms with Gasteiger partial charge in [0, 0.05) is 18.3 Å². The predicted octanol–water partition coefficient (Wildman–Crippen LogP) is 3.28. The number of benzene rings is 1. The Morgan fingerprint density at radius 2 is 2.14 bits per heavy atom. The summed E-state index contributed by atoms with van der Waals surface area (Å²) in [4.78, 5) is 16.5. The maximum atomic E-state index is 12.1. The van der Waals surface area contributed by atoms with Crippen LogP contribution in [0.2, 0.25) is 0 Å². The maximum Gasteiger partial charge on any atom is 0.319 e. The van der Waals surface area contributed by atoms with Crippen molar-refractivity contribution >= 4 is 33.3 Å². The van der Waals surface area contributed by atoms with E-state index in [0.717, 1.165) is 46.6 Å². The number of fused-ring (bicyclic) bond motifs is 1. The highest BCUT2D eigenvalue weighted by atomic mass is 32.1. The van der Waals surface area contributed by atoms with Crippen molar-refractivity contribution in [1.29, 1.82) is 0 Å². The third-order valence-electron chi connectivity index (χ3n) is 4.19. The second-order valence-corrected chi connectivity index (χ2v) is 7.15. The minimum absolute atomic E-state index is 0.159. The number of carbonyl (C=O) groups is 1. The molecule has 22 heavy (non-hydrogen) atoms. The Balaban J connectivity index is 1.56. The van der Waals surface area contributed by atoms with Crippen molar-refractivity contribution in [2.45, 2.75) is 38.6 Å². The summed E-state index contributed by atoms with van der Waals surface area (Å²) in [5.74, 6) is 0.401. The van der Waals surface area contributed by atoms with Gasteiger partial charge in [-0.3, -0.25) is 0 Å². The maximum absolute atomic E-state index is 12.1. The summed E-state index contributed by atoms with van der Waals surface area (Å²) in [5.41, 5.74) is 1.76. The number of hydrogen-bond acceptors (Lipinski definition) is 4. The molecule has 1 aromatic carbocycles. The van der Waals surface area contributed by atoms with Crippen LogP contribution in [0.15, 0.2) is 18.2 Å². The van der Waals surface area contributed by atoms with Crippen molar-refractivity contribution in [3.8, 4) is 0 Å². The monoisotopic (exact) mass is 319 g/mol. The number of aromatic nitrogens is 1. The van der Waals surface area contributed by atoms with Crippen LogP contribution in [0.4, 0.5) is 10.5 Å². The van der Waals surface area contributed by atoms with Crippen LogP contribution in [0.3, 0.4) is 0 Å². The Morgan fingerprint density at radius 3 is 2.86 bits per heavy atom. The Bertz CT molecular complexity index is 662. The smallest absolute Gasteiger partial charge is 0.319 e. The molecule has 0 radical (unpaired) electrons. The Morgan fingerprint density at radius 1 is 1.36 bits per heavy atom. The molecule has 0 unspecified atom stereocenters. The SMILES string of the molecule is Cc1nc2ccc(NC(=O)NC3CCC(CO)CC3)cc2s1. The molecule has 3 rings (SSSR count). The summed E-state index contributed by atoms with van der Waals surface area (Å²) in [7, 11) is 0. The molecule has 3 N–H and O–H groups in total. The van der Waals surface area contributed by atoms with E-state index in [2.05, 4.69) is 15.6 Å². The van der Waals surface area contributed by atoms with E-state index in [4.69, 9.17) is 5.11 Å². The normalized spacial score (nSPS) is 21.7. The average Bonchev–Trinajstić information content (AvgIpc) is 2.87. The van der Waals surface area contributed by atoms with Gasteiger partial charge >= 0.3 is 6.03 Å². The number of thiazole rings is 1. The molecular formula is C16H21N3O2S. The minimum atomic E-state index is -0.159. The highest BCUT2D eigenvalue weighted by Crippen LogP contribution is 2.25. The number of carbonyl (C=O) groups excluding carboxylic acids is 1. The lowest BCUT2D eigenvalue weighted by molar-refractivity contribution is 0.176. The van der Waals surface area contributed by atoms with Gasteiger partial charge in [0.25, 0.3) is 0 Å². The highest BCUT2D eigenvalue weighted by molar-refractivity contribution is 7.18. The van der Waals surface area contributed by atoms with Gasteiger partial charge in [-0.05, 0) is 56.7 Å². The number of aryl methyl sites for hydroxylation is 1. The number of anilines is 1. The van der Waals surface area contributed by atoms with E-state index in [1.807, 2.05) is 25.1 Å². The van der Waals surface area contributed by atoms with Crippen molar-refractivity contribution in [3.63, 3.8) is 0 Å². The average molecular weight is 319 g/mol. The fourth-order valence-electron chi connectivity index (χ4n) is 2.96. The van der Waals surface area contributed by atoms with Gasteiger partial charge in [0.2, 0.25) is 0 Å². The zero-order valence-electron chi connectivity index (χ0n) is 12.6. The molecule has 1 heterocycles.